The van der Waals surface area contributed by atoms with E-state index in [2.05, 4.69) is 5.32 Å². The van der Waals surface area contributed by atoms with Crippen LogP contribution in [0, 0.1) is 6.92 Å². The number of hydrogen-bond donors (Lipinski definition) is 1. The predicted molar refractivity (Wildman–Crippen MR) is 104 cm³/mol. The minimum Gasteiger partial charge on any atom is -0.376 e. The molecule has 1 aliphatic rings. The normalized spacial score (nSPS) is 16.9. The Kier molecular flexibility index (Phi) is 6.13. The van der Waals surface area contributed by atoms with Gasteiger partial charge in [-0.2, -0.15) is 0 Å². The first kappa shape index (κ1) is 19.4. The zero-order valence-corrected chi connectivity index (χ0v) is 16.1. The summed E-state index contributed by atoms with van der Waals surface area (Å²) in [7, 11) is -3.87. The van der Waals surface area contributed by atoms with Gasteiger partial charge in [0.05, 0.1) is 16.7 Å². The molecule has 2 aromatic rings. The number of sulfonamides is 1. The lowest BCUT2D eigenvalue weighted by Gasteiger charge is -2.25. The second-order valence-corrected chi connectivity index (χ2v) is 8.41. The summed E-state index contributed by atoms with van der Waals surface area (Å²) in [4.78, 5) is 12.7. The first-order valence-electron chi connectivity index (χ1n) is 9.00. The molecule has 1 N–H and O–H groups in total. The van der Waals surface area contributed by atoms with Gasteiger partial charge in [0, 0.05) is 13.2 Å². The molecule has 1 unspecified atom stereocenters. The molecule has 0 saturated carbocycles. The Morgan fingerprint density at radius 2 is 1.85 bits per heavy atom. The van der Waals surface area contributed by atoms with Crippen molar-refractivity contribution < 1.29 is 17.9 Å². The van der Waals surface area contributed by atoms with Crippen LogP contribution >= 0.6 is 0 Å². The molecule has 144 valence electrons. The Bertz CT molecular complexity index is 878. The maximum atomic E-state index is 13.2. The minimum absolute atomic E-state index is 0.00610. The van der Waals surface area contributed by atoms with Crippen LogP contribution in [0.3, 0.4) is 0 Å². The molecule has 0 aromatic heterocycles. The van der Waals surface area contributed by atoms with E-state index in [-0.39, 0.29) is 23.5 Å². The van der Waals surface area contributed by atoms with Gasteiger partial charge in [-0.3, -0.25) is 9.10 Å². The summed E-state index contributed by atoms with van der Waals surface area (Å²) in [6, 6.07) is 15.3. The van der Waals surface area contributed by atoms with Crippen LogP contribution < -0.4 is 9.62 Å². The number of hydrogen-bond acceptors (Lipinski definition) is 4. The van der Waals surface area contributed by atoms with E-state index in [1.54, 1.807) is 30.3 Å². The number of benzene rings is 2. The maximum Gasteiger partial charge on any atom is 0.264 e. The molecule has 0 radical (unpaired) electrons. The van der Waals surface area contributed by atoms with Gasteiger partial charge < -0.3 is 10.1 Å². The summed E-state index contributed by atoms with van der Waals surface area (Å²) >= 11 is 0. The van der Waals surface area contributed by atoms with E-state index in [0.29, 0.717) is 18.8 Å². The molecule has 7 heteroatoms. The molecule has 3 rings (SSSR count). The lowest BCUT2D eigenvalue weighted by atomic mass is 10.2. The largest absolute Gasteiger partial charge is 0.376 e. The summed E-state index contributed by atoms with van der Waals surface area (Å²) in [5, 5.41) is 2.80. The van der Waals surface area contributed by atoms with E-state index in [4.69, 9.17) is 4.74 Å². The number of anilines is 1. The van der Waals surface area contributed by atoms with Gasteiger partial charge >= 0.3 is 0 Å². The zero-order chi connectivity index (χ0) is 19.3. The number of ether oxygens (including phenoxy) is 1. The molecule has 1 aliphatic heterocycles. The van der Waals surface area contributed by atoms with Gasteiger partial charge in [-0.05, 0) is 43.5 Å². The van der Waals surface area contributed by atoms with Crippen LogP contribution in [0.25, 0.3) is 0 Å². The summed E-state index contributed by atoms with van der Waals surface area (Å²) in [5.74, 6) is -0.353. The van der Waals surface area contributed by atoms with Gasteiger partial charge in [-0.25, -0.2) is 8.42 Å². The van der Waals surface area contributed by atoms with Crippen LogP contribution in [0.15, 0.2) is 59.5 Å². The molecule has 1 atom stereocenters. The maximum absolute atomic E-state index is 13.2. The third-order valence-corrected chi connectivity index (χ3v) is 6.33. The van der Waals surface area contributed by atoms with Crippen molar-refractivity contribution >= 4 is 21.6 Å². The molecule has 1 heterocycles. The van der Waals surface area contributed by atoms with Crippen molar-refractivity contribution in [2.45, 2.75) is 30.8 Å². The van der Waals surface area contributed by atoms with Crippen LogP contribution in [0.4, 0.5) is 5.69 Å². The van der Waals surface area contributed by atoms with E-state index >= 15 is 0 Å². The minimum atomic E-state index is -3.87. The standard InChI is InChI=1S/C20H24N2O4S/c1-16-8-5-6-12-19(16)22(27(24,25)18-10-3-2-4-11-18)15-20(23)21-14-17-9-7-13-26-17/h2-6,8,10-12,17H,7,9,13-15H2,1H3,(H,21,23). The smallest absolute Gasteiger partial charge is 0.264 e. The summed E-state index contributed by atoms with van der Waals surface area (Å²) in [5.41, 5.74) is 1.28. The predicted octanol–water partition coefficient (Wildman–Crippen LogP) is 2.49. The lowest BCUT2D eigenvalue weighted by Crippen LogP contribution is -2.43. The lowest BCUT2D eigenvalue weighted by molar-refractivity contribution is -0.120. The van der Waals surface area contributed by atoms with Crippen molar-refractivity contribution in [3.05, 3.63) is 60.2 Å². The molecule has 1 saturated heterocycles. The monoisotopic (exact) mass is 388 g/mol. The van der Waals surface area contributed by atoms with Crippen molar-refractivity contribution in [1.82, 2.24) is 5.32 Å². The Balaban J connectivity index is 1.84. The number of amides is 1. The first-order valence-corrected chi connectivity index (χ1v) is 10.4. The Labute approximate surface area is 160 Å². The Hall–Kier alpha value is -2.38. The van der Waals surface area contributed by atoms with Gasteiger partial charge in [-0.1, -0.05) is 36.4 Å². The molecule has 2 aromatic carbocycles. The zero-order valence-electron chi connectivity index (χ0n) is 15.3. The van der Waals surface area contributed by atoms with Gasteiger partial charge in [0.15, 0.2) is 0 Å². The molecule has 27 heavy (non-hydrogen) atoms. The number of carbonyl (C=O) groups excluding carboxylic acids is 1. The fraction of sp³-hybridized carbons (Fsp3) is 0.350. The van der Waals surface area contributed by atoms with Crippen LogP contribution in [0.5, 0.6) is 0 Å². The molecular formula is C20H24N2O4S. The van der Waals surface area contributed by atoms with Crippen molar-refractivity contribution in [2.24, 2.45) is 0 Å². The average Bonchev–Trinajstić information content (AvgIpc) is 3.19. The molecule has 0 spiro atoms. The molecular weight excluding hydrogens is 364 g/mol. The van der Waals surface area contributed by atoms with E-state index < -0.39 is 10.0 Å². The van der Waals surface area contributed by atoms with Crippen molar-refractivity contribution in [3.63, 3.8) is 0 Å². The molecule has 1 fully saturated rings. The SMILES string of the molecule is Cc1ccccc1N(CC(=O)NCC1CCCO1)S(=O)(=O)c1ccccc1. The number of nitrogens with one attached hydrogen (secondary N) is 1. The van der Waals surface area contributed by atoms with E-state index in [9.17, 15) is 13.2 Å². The highest BCUT2D eigenvalue weighted by Gasteiger charge is 2.28. The summed E-state index contributed by atoms with van der Waals surface area (Å²) in [6.07, 6.45) is 1.90. The number of rotatable bonds is 7. The fourth-order valence-corrected chi connectivity index (χ4v) is 4.59. The van der Waals surface area contributed by atoms with Crippen molar-refractivity contribution in [3.8, 4) is 0 Å². The van der Waals surface area contributed by atoms with Crippen LogP contribution in [-0.4, -0.2) is 40.1 Å². The highest BCUT2D eigenvalue weighted by Crippen LogP contribution is 2.26. The third kappa shape index (κ3) is 4.67. The van der Waals surface area contributed by atoms with Gasteiger partial charge in [-0.15, -0.1) is 0 Å². The fourth-order valence-electron chi connectivity index (χ4n) is 3.08. The van der Waals surface area contributed by atoms with Gasteiger partial charge in [0.1, 0.15) is 6.54 Å². The Morgan fingerprint density at radius 3 is 2.52 bits per heavy atom. The second kappa shape index (κ2) is 8.54. The highest BCUT2D eigenvalue weighted by molar-refractivity contribution is 7.92. The number of carbonyl (C=O) groups is 1. The number of aryl methyl sites for hydroxylation is 1. The van der Waals surface area contributed by atoms with Crippen molar-refractivity contribution in [1.29, 1.82) is 0 Å². The number of nitrogens with zero attached hydrogens (tertiary/aromatic N) is 1. The van der Waals surface area contributed by atoms with E-state index in [0.717, 1.165) is 18.4 Å². The first-order chi connectivity index (χ1) is 13.0. The molecule has 1 amide bonds. The second-order valence-electron chi connectivity index (χ2n) is 6.55. The van der Waals surface area contributed by atoms with Crippen LogP contribution in [0.1, 0.15) is 18.4 Å². The van der Waals surface area contributed by atoms with Gasteiger partial charge in [0.25, 0.3) is 10.0 Å². The van der Waals surface area contributed by atoms with E-state index in [1.807, 2.05) is 19.1 Å². The third-order valence-electron chi connectivity index (χ3n) is 4.55. The topological polar surface area (TPSA) is 75.7 Å². The summed E-state index contributed by atoms with van der Waals surface area (Å²) in [6.45, 7) is 2.64. The number of para-hydroxylation sites is 1. The van der Waals surface area contributed by atoms with Crippen molar-refractivity contribution in [2.75, 3.05) is 24.0 Å². The quantitative estimate of drug-likeness (QED) is 0.791. The van der Waals surface area contributed by atoms with Gasteiger partial charge in [0.2, 0.25) is 5.91 Å². The molecule has 0 bridgehead atoms. The molecule has 0 aliphatic carbocycles. The molecule has 6 nitrogen and oxygen atoms in total. The highest BCUT2D eigenvalue weighted by atomic mass is 32.2. The van der Waals surface area contributed by atoms with Crippen LogP contribution in [-0.2, 0) is 19.6 Å². The van der Waals surface area contributed by atoms with E-state index in [1.165, 1.54) is 16.4 Å². The Morgan fingerprint density at radius 1 is 1.15 bits per heavy atom. The van der Waals surface area contributed by atoms with Crippen LogP contribution in [0.2, 0.25) is 0 Å². The average molecular weight is 388 g/mol. The summed E-state index contributed by atoms with van der Waals surface area (Å²) < 4.78 is 33.1.